The molecule has 2 aromatic heterocycles. The van der Waals surface area contributed by atoms with Gasteiger partial charge in [-0.25, -0.2) is 18.9 Å². The van der Waals surface area contributed by atoms with Crippen LogP contribution in [-0.4, -0.2) is 50.4 Å². The van der Waals surface area contributed by atoms with Crippen LogP contribution in [0.4, 0.5) is 14.3 Å². The van der Waals surface area contributed by atoms with Gasteiger partial charge in [0.1, 0.15) is 11.4 Å². The van der Waals surface area contributed by atoms with Crippen LogP contribution in [0.1, 0.15) is 61.3 Å². The van der Waals surface area contributed by atoms with Crippen molar-refractivity contribution in [2.24, 2.45) is 0 Å². The maximum Gasteiger partial charge on any atom is 0.410 e. The van der Waals surface area contributed by atoms with E-state index >= 15 is 0 Å². The number of nitrogens with one attached hydrogen (secondary N) is 1. The molecule has 3 aromatic rings. The number of amides is 2. The Bertz CT molecular complexity index is 1170. The minimum Gasteiger partial charge on any atom is -0.444 e. The van der Waals surface area contributed by atoms with E-state index < -0.39 is 5.60 Å². The molecule has 0 radical (unpaired) electrons. The maximum atomic E-state index is 13.5. The Kier molecular flexibility index (Phi) is 6.70. The molecule has 3 heterocycles. The third-order valence-electron chi connectivity index (χ3n) is 5.50. The summed E-state index contributed by atoms with van der Waals surface area (Å²) in [6.07, 6.45) is 2.48. The van der Waals surface area contributed by atoms with Gasteiger partial charge < -0.3 is 9.64 Å². The van der Waals surface area contributed by atoms with Crippen LogP contribution in [0.15, 0.2) is 35.8 Å². The topological polar surface area (TPSA) is 89.4 Å². The number of carbonyl (C=O) groups excluding carboxylic acids is 2. The highest BCUT2D eigenvalue weighted by molar-refractivity contribution is 7.13. The van der Waals surface area contributed by atoms with E-state index in [4.69, 9.17) is 4.74 Å². The molecule has 180 valence electrons. The number of aryl methyl sites for hydroxylation is 1. The molecule has 4 rings (SSSR count). The van der Waals surface area contributed by atoms with Crippen LogP contribution in [0.25, 0.3) is 5.69 Å². The number of benzene rings is 1. The Morgan fingerprint density at radius 2 is 1.85 bits per heavy atom. The van der Waals surface area contributed by atoms with Crippen molar-refractivity contribution in [1.82, 2.24) is 19.7 Å². The summed E-state index contributed by atoms with van der Waals surface area (Å²) < 4.78 is 20.7. The minimum atomic E-state index is -0.561. The number of carbonyl (C=O) groups is 2. The number of hydrogen-bond donors (Lipinski definition) is 1. The van der Waals surface area contributed by atoms with Crippen molar-refractivity contribution in [3.8, 4) is 5.69 Å². The molecule has 0 spiro atoms. The lowest BCUT2D eigenvalue weighted by molar-refractivity contribution is 0.0203. The van der Waals surface area contributed by atoms with Gasteiger partial charge in [-0.2, -0.15) is 5.10 Å². The molecular weight excluding hydrogens is 457 g/mol. The van der Waals surface area contributed by atoms with Crippen LogP contribution >= 0.6 is 11.3 Å². The SMILES string of the molecule is Cc1csc(NC(=O)c2cnn(-c3ccc(F)cc3)c2C2CCN(C(=O)OC(C)(C)C)CC2)n1. The van der Waals surface area contributed by atoms with E-state index in [2.05, 4.69) is 15.4 Å². The Morgan fingerprint density at radius 3 is 2.44 bits per heavy atom. The molecule has 0 saturated carbocycles. The second-order valence-electron chi connectivity index (χ2n) is 9.32. The fourth-order valence-electron chi connectivity index (χ4n) is 3.95. The quantitative estimate of drug-likeness (QED) is 0.553. The molecule has 0 aliphatic carbocycles. The predicted octanol–water partition coefficient (Wildman–Crippen LogP) is 5.14. The first kappa shape index (κ1) is 23.9. The van der Waals surface area contributed by atoms with Gasteiger partial charge >= 0.3 is 6.09 Å². The molecule has 34 heavy (non-hydrogen) atoms. The summed E-state index contributed by atoms with van der Waals surface area (Å²) in [6.45, 7) is 8.39. The standard InChI is InChI=1S/C24H28FN5O3S/c1-15-14-34-22(27-15)28-21(31)19-13-26-30(18-7-5-17(25)6-8-18)20(19)16-9-11-29(12-10-16)23(32)33-24(2,3)4/h5-8,13-14,16H,9-12H2,1-4H3,(H,27,28,31). The summed E-state index contributed by atoms with van der Waals surface area (Å²) in [5.74, 6) is -0.669. The second-order valence-corrected chi connectivity index (χ2v) is 10.2. The molecule has 1 aliphatic heterocycles. The lowest BCUT2D eigenvalue weighted by Crippen LogP contribution is -2.41. The molecule has 0 bridgehead atoms. The summed E-state index contributed by atoms with van der Waals surface area (Å²) >= 11 is 1.36. The summed E-state index contributed by atoms with van der Waals surface area (Å²) in [5, 5.41) is 9.71. The highest BCUT2D eigenvalue weighted by Gasteiger charge is 2.32. The number of rotatable bonds is 4. The molecule has 8 nitrogen and oxygen atoms in total. The molecule has 0 atom stereocenters. The van der Waals surface area contributed by atoms with Gasteiger partial charge in [0.2, 0.25) is 0 Å². The van der Waals surface area contributed by atoms with E-state index in [1.807, 2.05) is 33.1 Å². The Hall–Kier alpha value is -3.27. The zero-order valence-corrected chi connectivity index (χ0v) is 20.5. The Balaban J connectivity index is 1.60. The summed E-state index contributed by atoms with van der Waals surface area (Å²) in [5.41, 5.74) is 2.11. The van der Waals surface area contributed by atoms with E-state index in [1.165, 1.54) is 29.7 Å². The largest absolute Gasteiger partial charge is 0.444 e. The van der Waals surface area contributed by atoms with Crippen LogP contribution < -0.4 is 5.32 Å². The van der Waals surface area contributed by atoms with Crippen molar-refractivity contribution in [3.05, 3.63) is 58.6 Å². The van der Waals surface area contributed by atoms with Gasteiger partial charge in [-0.1, -0.05) is 0 Å². The van der Waals surface area contributed by atoms with Crippen LogP contribution in [0.2, 0.25) is 0 Å². The van der Waals surface area contributed by atoms with E-state index in [-0.39, 0.29) is 23.7 Å². The zero-order valence-electron chi connectivity index (χ0n) is 19.7. The monoisotopic (exact) mass is 485 g/mol. The van der Waals surface area contributed by atoms with Gasteiger partial charge in [-0.15, -0.1) is 11.3 Å². The molecule has 1 N–H and O–H groups in total. The minimum absolute atomic E-state index is 0.0231. The highest BCUT2D eigenvalue weighted by atomic mass is 32.1. The molecule has 1 aliphatic rings. The number of thiazole rings is 1. The number of anilines is 1. The average Bonchev–Trinajstić information content (AvgIpc) is 3.39. The maximum absolute atomic E-state index is 13.5. The Morgan fingerprint density at radius 1 is 1.18 bits per heavy atom. The van der Waals surface area contributed by atoms with E-state index in [9.17, 15) is 14.0 Å². The predicted molar refractivity (Wildman–Crippen MR) is 128 cm³/mol. The summed E-state index contributed by atoms with van der Waals surface area (Å²) in [7, 11) is 0. The van der Waals surface area contributed by atoms with Gasteiger partial charge in [0.25, 0.3) is 5.91 Å². The smallest absolute Gasteiger partial charge is 0.410 e. The third-order valence-corrected chi connectivity index (χ3v) is 6.37. The number of likely N-dealkylation sites (tertiary alicyclic amines) is 1. The van der Waals surface area contributed by atoms with Gasteiger partial charge in [-0.3, -0.25) is 10.1 Å². The van der Waals surface area contributed by atoms with E-state index in [1.54, 1.807) is 21.7 Å². The lowest BCUT2D eigenvalue weighted by atomic mass is 9.91. The van der Waals surface area contributed by atoms with E-state index in [0.29, 0.717) is 42.3 Å². The highest BCUT2D eigenvalue weighted by Crippen LogP contribution is 2.33. The van der Waals surface area contributed by atoms with E-state index in [0.717, 1.165) is 11.4 Å². The molecule has 10 heteroatoms. The van der Waals surface area contributed by atoms with Gasteiger partial charge in [0, 0.05) is 24.4 Å². The fourth-order valence-corrected chi connectivity index (χ4v) is 4.63. The fraction of sp³-hybridized carbons (Fsp3) is 0.417. The van der Waals surface area contributed by atoms with Crippen LogP contribution in [-0.2, 0) is 4.74 Å². The molecule has 1 saturated heterocycles. The van der Waals surface area contributed by atoms with Crippen LogP contribution in [0.3, 0.4) is 0 Å². The number of halogens is 1. The Labute approximate surface area is 201 Å². The lowest BCUT2D eigenvalue weighted by Gasteiger charge is -2.34. The van der Waals surface area contributed by atoms with Crippen molar-refractivity contribution in [3.63, 3.8) is 0 Å². The van der Waals surface area contributed by atoms with Crippen LogP contribution in [0.5, 0.6) is 0 Å². The first-order valence-corrected chi connectivity index (χ1v) is 12.0. The number of hydrogen-bond acceptors (Lipinski definition) is 6. The normalized spacial score (nSPS) is 14.8. The molecule has 1 fully saturated rings. The molecule has 2 amide bonds. The van der Waals surface area contributed by atoms with Gasteiger partial charge in [0.05, 0.1) is 28.8 Å². The first-order chi connectivity index (χ1) is 16.1. The average molecular weight is 486 g/mol. The number of aromatic nitrogens is 3. The number of ether oxygens (including phenoxy) is 1. The summed E-state index contributed by atoms with van der Waals surface area (Å²) in [6, 6.07) is 6.00. The van der Waals surface area contributed by atoms with Crippen molar-refractivity contribution < 1.29 is 18.7 Å². The van der Waals surface area contributed by atoms with Crippen molar-refractivity contribution in [2.75, 3.05) is 18.4 Å². The molecular formula is C24H28FN5O3S. The number of piperidine rings is 1. The second kappa shape index (κ2) is 9.54. The number of nitrogens with zero attached hydrogens (tertiary/aromatic N) is 4. The van der Waals surface area contributed by atoms with Gasteiger partial charge in [-0.05, 0) is 64.8 Å². The zero-order chi connectivity index (χ0) is 24.5. The first-order valence-electron chi connectivity index (χ1n) is 11.2. The van der Waals surface area contributed by atoms with Crippen molar-refractivity contribution >= 4 is 28.5 Å². The molecule has 0 unspecified atom stereocenters. The molecule has 1 aromatic carbocycles. The van der Waals surface area contributed by atoms with Crippen LogP contribution in [0, 0.1) is 12.7 Å². The van der Waals surface area contributed by atoms with Gasteiger partial charge in [0.15, 0.2) is 5.13 Å². The third kappa shape index (κ3) is 5.44. The van der Waals surface area contributed by atoms with Crippen molar-refractivity contribution in [1.29, 1.82) is 0 Å². The van der Waals surface area contributed by atoms with Crippen molar-refractivity contribution in [2.45, 2.75) is 52.1 Å². The summed E-state index contributed by atoms with van der Waals surface area (Å²) in [4.78, 5) is 31.7.